The monoisotopic (exact) mass is 311 g/mol. The van der Waals surface area contributed by atoms with E-state index in [1.54, 1.807) is 42.6 Å². The first kappa shape index (κ1) is 16.1. The van der Waals surface area contributed by atoms with Gasteiger partial charge in [-0.3, -0.25) is 4.98 Å². The van der Waals surface area contributed by atoms with E-state index in [1.165, 1.54) is 5.98 Å². The third kappa shape index (κ3) is 4.10. The average Bonchev–Trinajstić information content (AvgIpc) is 2.56. The van der Waals surface area contributed by atoms with Crippen LogP contribution < -0.4 is 5.46 Å². The number of phenols is 1. The Bertz CT molecular complexity index is 757. The summed E-state index contributed by atoms with van der Waals surface area (Å²) in [5, 5.41) is 20.2. The summed E-state index contributed by atoms with van der Waals surface area (Å²) in [5.41, 5.74) is 1.47. The summed E-state index contributed by atoms with van der Waals surface area (Å²) in [6, 6.07) is 16.1. The Morgan fingerprint density at radius 2 is 1.73 bits per heavy atom. The van der Waals surface area contributed by atoms with Crippen molar-refractivity contribution in [1.82, 2.24) is 4.98 Å². The highest BCUT2D eigenvalue weighted by molar-refractivity contribution is 6.70. The molecule has 3 rings (SSSR count). The second-order valence-electron chi connectivity index (χ2n) is 4.58. The highest BCUT2D eigenvalue weighted by atomic mass is 35.5. The predicted octanol–water partition coefficient (Wildman–Crippen LogP) is 3.20. The molecule has 2 N–H and O–H groups in total. The van der Waals surface area contributed by atoms with Gasteiger partial charge >= 0.3 is 6.92 Å². The van der Waals surface area contributed by atoms with Crippen LogP contribution in [0.2, 0.25) is 5.02 Å². The molecule has 0 atom stereocenters. The fraction of sp³-hybridized carbons (Fsp3) is 0. The molecule has 0 aliphatic carbocycles. The number of fused-ring (bicyclic) bond motifs is 1. The lowest BCUT2D eigenvalue weighted by Crippen LogP contribution is -2.27. The number of para-hydroxylation sites is 1. The largest absolute Gasteiger partial charge is 0.506 e. The molecule has 22 heavy (non-hydrogen) atoms. The number of benzene rings is 2. The van der Waals surface area contributed by atoms with Crippen molar-refractivity contribution in [2.45, 2.75) is 0 Å². The van der Waals surface area contributed by atoms with Crippen LogP contribution in [0.15, 0.2) is 73.3 Å². The van der Waals surface area contributed by atoms with Crippen LogP contribution in [-0.2, 0) is 0 Å². The van der Waals surface area contributed by atoms with E-state index in [0.717, 1.165) is 10.8 Å². The molecular weight excluding hydrogens is 296 g/mol. The third-order valence-electron chi connectivity index (χ3n) is 3.05. The van der Waals surface area contributed by atoms with Gasteiger partial charge in [-0.25, -0.2) is 0 Å². The van der Waals surface area contributed by atoms with Crippen LogP contribution in [0.5, 0.6) is 5.75 Å². The lowest BCUT2D eigenvalue weighted by atomic mass is 9.62. The first-order valence-electron chi connectivity index (χ1n) is 6.70. The van der Waals surface area contributed by atoms with Gasteiger partial charge in [-0.15, -0.1) is 6.58 Å². The van der Waals surface area contributed by atoms with Crippen molar-refractivity contribution in [1.29, 1.82) is 0 Å². The molecule has 3 aromatic rings. The van der Waals surface area contributed by atoms with Gasteiger partial charge in [0.1, 0.15) is 11.3 Å². The smallest absolute Gasteiger partial charge is 0.350 e. The van der Waals surface area contributed by atoms with E-state index in [-0.39, 0.29) is 5.75 Å². The molecule has 1 aromatic heterocycles. The Labute approximate surface area is 134 Å². The lowest BCUT2D eigenvalue weighted by molar-refractivity contribution is 0.480. The standard InChI is InChI=1S/C9H7NO.C8H8BClO/c11-8-5-1-3-7-4-2-6-10-9(7)8;1-2-9(11)7-3-5-8(10)6-4-7/h1-6,11H;2-6,11H,1H2. The number of aromatic hydroxyl groups is 1. The number of phenolic OH excluding ortho intramolecular Hbond substituents is 1. The Hall–Kier alpha value is -2.30. The van der Waals surface area contributed by atoms with E-state index in [2.05, 4.69) is 11.6 Å². The molecule has 0 aliphatic rings. The van der Waals surface area contributed by atoms with E-state index in [1.807, 2.05) is 18.2 Å². The maximum absolute atomic E-state index is 9.31. The van der Waals surface area contributed by atoms with Gasteiger partial charge in [0.25, 0.3) is 0 Å². The van der Waals surface area contributed by atoms with Gasteiger partial charge in [0.2, 0.25) is 0 Å². The molecule has 1 heterocycles. The van der Waals surface area contributed by atoms with Crippen molar-refractivity contribution in [2.24, 2.45) is 0 Å². The Morgan fingerprint density at radius 1 is 1.05 bits per heavy atom. The second-order valence-corrected chi connectivity index (χ2v) is 5.02. The summed E-state index contributed by atoms with van der Waals surface area (Å²) in [4.78, 5) is 4.03. The molecule has 0 saturated carbocycles. The van der Waals surface area contributed by atoms with Crippen molar-refractivity contribution in [2.75, 3.05) is 0 Å². The van der Waals surface area contributed by atoms with Gasteiger partial charge in [0.05, 0.1) is 0 Å². The highest BCUT2D eigenvalue weighted by Gasteiger charge is 2.07. The molecule has 0 saturated heterocycles. The van der Waals surface area contributed by atoms with Crippen molar-refractivity contribution >= 4 is 34.9 Å². The van der Waals surface area contributed by atoms with Crippen molar-refractivity contribution in [3.8, 4) is 5.75 Å². The van der Waals surface area contributed by atoms with Gasteiger partial charge in [-0.1, -0.05) is 47.9 Å². The number of aromatic nitrogens is 1. The summed E-state index contributed by atoms with van der Waals surface area (Å²) in [5.74, 6) is 1.71. The van der Waals surface area contributed by atoms with Crippen molar-refractivity contribution in [3.05, 3.63) is 78.4 Å². The molecule has 0 fully saturated rings. The molecule has 0 amide bonds. The first-order chi connectivity index (χ1) is 10.6. The summed E-state index contributed by atoms with van der Waals surface area (Å²) >= 11 is 5.65. The third-order valence-corrected chi connectivity index (χ3v) is 3.30. The minimum absolute atomic E-state index is 0.239. The van der Waals surface area contributed by atoms with E-state index in [0.29, 0.717) is 10.5 Å². The Morgan fingerprint density at radius 3 is 2.36 bits per heavy atom. The first-order valence-corrected chi connectivity index (χ1v) is 7.08. The predicted molar refractivity (Wildman–Crippen MR) is 92.7 cm³/mol. The van der Waals surface area contributed by atoms with Crippen LogP contribution in [0.4, 0.5) is 0 Å². The highest BCUT2D eigenvalue weighted by Crippen LogP contribution is 2.20. The topological polar surface area (TPSA) is 53.4 Å². The number of pyridine rings is 1. The van der Waals surface area contributed by atoms with E-state index in [4.69, 9.17) is 11.6 Å². The Kier molecular flexibility index (Phi) is 5.58. The average molecular weight is 312 g/mol. The van der Waals surface area contributed by atoms with E-state index in [9.17, 15) is 10.1 Å². The molecule has 0 bridgehead atoms. The zero-order valence-corrected chi connectivity index (χ0v) is 12.6. The van der Waals surface area contributed by atoms with Crippen LogP contribution in [0.1, 0.15) is 0 Å². The zero-order valence-electron chi connectivity index (χ0n) is 11.9. The van der Waals surface area contributed by atoms with Crippen LogP contribution in [0.3, 0.4) is 0 Å². The molecular formula is C17H15BClNO2. The fourth-order valence-electron chi connectivity index (χ4n) is 1.88. The molecule has 0 radical (unpaired) electrons. The number of halogens is 1. The van der Waals surface area contributed by atoms with Gasteiger partial charge in [0, 0.05) is 16.6 Å². The summed E-state index contributed by atoms with van der Waals surface area (Å²) in [6.45, 7) is 2.89. The minimum Gasteiger partial charge on any atom is -0.506 e. The molecule has 0 aliphatic heterocycles. The Balaban J connectivity index is 0.000000160. The molecule has 110 valence electrons. The van der Waals surface area contributed by atoms with Crippen LogP contribution >= 0.6 is 11.6 Å². The van der Waals surface area contributed by atoms with E-state index >= 15 is 0 Å². The van der Waals surface area contributed by atoms with Gasteiger partial charge in [0.15, 0.2) is 0 Å². The molecule has 0 unspecified atom stereocenters. The molecule has 5 heteroatoms. The zero-order chi connectivity index (χ0) is 15.9. The number of rotatable bonds is 2. The maximum Gasteiger partial charge on any atom is 0.350 e. The molecule has 0 spiro atoms. The SMILES string of the molecule is C=CB(O)c1ccc(Cl)cc1.Oc1cccc2cccnc12. The van der Waals surface area contributed by atoms with Gasteiger partial charge < -0.3 is 10.1 Å². The number of nitrogens with zero attached hydrogens (tertiary/aromatic N) is 1. The van der Waals surface area contributed by atoms with Crippen LogP contribution in [-0.4, -0.2) is 22.0 Å². The second kappa shape index (κ2) is 7.64. The number of hydrogen-bond acceptors (Lipinski definition) is 3. The quantitative estimate of drug-likeness (QED) is 0.715. The lowest BCUT2D eigenvalue weighted by Gasteiger charge is -1.99. The fourth-order valence-corrected chi connectivity index (χ4v) is 2.01. The summed E-state index contributed by atoms with van der Waals surface area (Å²) < 4.78 is 0. The van der Waals surface area contributed by atoms with Gasteiger partial charge in [-0.05, 0) is 29.7 Å². The summed E-state index contributed by atoms with van der Waals surface area (Å²) in [7, 11) is 0. The van der Waals surface area contributed by atoms with Gasteiger partial charge in [-0.2, -0.15) is 0 Å². The van der Waals surface area contributed by atoms with Crippen LogP contribution in [0.25, 0.3) is 10.9 Å². The maximum atomic E-state index is 9.31. The minimum atomic E-state index is -0.590. The molecule has 2 aromatic carbocycles. The number of hydrogen-bond donors (Lipinski definition) is 2. The van der Waals surface area contributed by atoms with E-state index < -0.39 is 6.92 Å². The normalized spacial score (nSPS) is 9.73. The van der Waals surface area contributed by atoms with Crippen LogP contribution in [0, 0.1) is 0 Å². The molecule has 3 nitrogen and oxygen atoms in total. The van der Waals surface area contributed by atoms with Crippen molar-refractivity contribution < 1.29 is 10.1 Å². The summed E-state index contributed by atoms with van der Waals surface area (Å²) in [6.07, 6.45) is 1.67. The van der Waals surface area contributed by atoms with Crippen molar-refractivity contribution in [3.63, 3.8) is 0 Å².